The Kier molecular flexibility index (Phi) is 18.9. The molecule has 0 aliphatic carbocycles. The van der Waals surface area contributed by atoms with Crippen LogP contribution in [-0.2, 0) is 34.0 Å². The van der Waals surface area contributed by atoms with E-state index in [9.17, 15) is 28.8 Å². The van der Waals surface area contributed by atoms with E-state index in [2.05, 4.69) is 21.9 Å². The first-order valence-electron chi connectivity index (χ1n) is 14.0. The number of nitrogens with zero attached hydrogens (tertiary/aromatic N) is 5. The Morgan fingerprint density at radius 2 is 1.10 bits per heavy atom. The number of unbranched alkanes of at least 4 members (excludes halogenated alkanes) is 9. The van der Waals surface area contributed by atoms with Crippen LogP contribution in [-0.4, -0.2) is 58.2 Å². The van der Waals surface area contributed by atoms with E-state index in [0.29, 0.717) is 38.9 Å². The molecule has 40 heavy (non-hydrogen) atoms. The number of aliphatic imine (C=N–C) groups is 2. The third-order valence-electron chi connectivity index (χ3n) is 6.23. The molecule has 0 unspecified atom stereocenters. The lowest BCUT2D eigenvalue weighted by Crippen LogP contribution is -2.54. The van der Waals surface area contributed by atoms with Gasteiger partial charge in [0.15, 0.2) is 0 Å². The van der Waals surface area contributed by atoms with Crippen molar-refractivity contribution in [1.29, 1.82) is 0 Å². The number of rotatable bonds is 23. The molecule has 13 heteroatoms. The van der Waals surface area contributed by atoms with Crippen molar-refractivity contribution in [2.75, 3.05) is 26.2 Å². The molecule has 0 aliphatic heterocycles. The van der Waals surface area contributed by atoms with E-state index in [1.54, 1.807) is 0 Å². The fraction of sp³-hybridized carbons (Fsp3) is 0.704. The van der Waals surface area contributed by atoms with Gasteiger partial charge >= 0.3 is 23.2 Å². The Morgan fingerprint density at radius 1 is 0.700 bits per heavy atom. The number of aromatic nitrogens is 3. The number of amides is 1. The van der Waals surface area contributed by atoms with Gasteiger partial charge in [-0.2, -0.15) is 0 Å². The highest BCUT2D eigenvalue weighted by atomic mass is 16.5. The van der Waals surface area contributed by atoms with E-state index in [0.717, 1.165) is 71.5 Å². The van der Waals surface area contributed by atoms with Gasteiger partial charge in [0.25, 0.3) is 0 Å². The molecule has 0 aromatic carbocycles. The van der Waals surface area contributed by atoms with Crippen molar-refractivity contribution >= 4 is 18.3 Å². The van der Waals surface area contributed by atoms with Crippen molar-refractivity contribution < 1.29 is 19.1 Å². The number of ether oxygens (including phenoxy) is 1. The molecule has 0 saturated carbocycles. The molecule has 0 atom stereocenters. The van der Waals surface area contributed by atoms with Crippen molar-refractivity contribution in [2.45, 2.75) is 96.7 Å². The van der Waals surface area contributed by atoms with Gasteiger partial charge in [0.2, 0.25) is 12.2 Å². The lowest BCUT2D eigenvalue weighted by molar-refractivity contribution is 0.158. The highest BCUT2D eigenvalue weighted by molar-refractivity contribution is 5.67. The molecule has 222 valence electrons. The third kappa shape index (κ3) is 13.8. The molecule has 0 radical (unpaired) electrons. The quantitative estimate of drug-likeness (QED) is 0.0926. The zero-order chi connectivity index (χ0) is 29.4. The molecule has 1 aromatic heterocycles. The Morgan fingerprint density at radius 3 is 1.50 bits per heavy atom. The van der Waals surface area contributed by atoms with E-state index in [-0.39, 0.29) is 26.2 Å². The Bertz CT molecular complexity index is 1110. The molecule has 0 saturated heterocycles. The molecule has 1 N–H and O–H groups in total. The monoisotopic (exact) mass is 562 g/mol. The molecule has 0 spiro atoms. The summed E-state index contributed by atoms with van der Waals surface area (Å²) in [7, 11) is 0. The minimum atomic E-state index is -0.602. The number of hydrogen-bond acceptors (Lipinski definition) is 9. The Balaban J connectivity index is 2.79. The summed E-state index contributed by atoms with van der Waals surface area (Å²) in [5.41, 5.74) is -1.80. The fourth-order valence-corrected chi connectivity index (χ4v) is 4.10. The Hall–Kier alpha value is -3.82. The first-order chi connectivity index (χ1) is 19.5. The molecule has 0 fully saturated rings. The standard InChI is InChI=1S/C27H42N6O7/c1-2-21-40-24(36)30-17-11-5-8-14-20-33-26(38)31(18-12-6-3-9-15-28-22-34)25(37)32(27(33)39)19-13-7-4-10-16-29-23-35/h2H,1,3-21H2,(H,30,36). The predicted molar refractivity (Wildman–Crippen MR) is 150 cm³/mol. The number of carbonyl (C=O) groups is 1. The highest BCUT2D eigenvalue weighted by Gasteiger charge is 2.15. The summed E-state index contributed by atoms with van der Waals surface area (Å²) in [5.74, 6) is 0. The predicted octanol–water partition coefficient (Wildman–Crippen LogP) is 2.44. The van der Waals surface area contributed by atoms with Crippen LogP contribution in [0.4, 0.5) is 4.79 Å². The zero-order valence-corrected chi connectivity index (χ0v) is 23.3. The second-order valence-corrected chi connectivity index (χ2v) is 9.31. The SMILES string of the molecule is C=CCOC(=O)NCCCCCCn1c(=O)n(CCCCCCN=C=O)c(=O)n(CCCCCCN=C=O)c1=O. The van der Waals surface area contributed by atoms with Gasteiger partial charge in [0.05, 0.1) is 13.1 Å². The third-order valence-corrected chi connectivity index (χ3v) is 6.23. The van der Waals surface area contributed by atoms with Gasteiger partial charge in [-0.3, -0.25) is 0 Å². The summed E-state index contributed by atoms with van der Waals surface area (Å²) in [6.07, 6.45) is 12.5. The number of alkyl carbamates (subject to hydrolysis) is 1. The van der Waals surface area contributed by atoms with Gasteiger partial charge in [-0.25, -0.2) is 52.5 Å². The van der Waals surface area contributed by atoms with Crippen LogP contribution in [0.5, 0.6) is 0 Å². The maximum atomic E-state index is 13.1. The van der Waals surface area contributed by atoms with E-state index < -0.39 is 23.2 Å². The van der Waals surface area contributed by atoms with Gasteiger partial charge in [0.1, 0.15) is 6.61 Å². The van der Waals surface area contributed by atoms with Gasteiger partial charge in [0, 0.05) is 26.2 Å². The molecule has 1 heterocycles. The zero-order valence-electron chi connectivity index (χ0n) is 23.3. The normalized spacial score (nSPS) is 10.4. The fourth-order valence-electron chi connectivity index (χ4n) is 4.10. The minimum absolute atomic E-state index is 0.146. The van der Waals surface area contributed by atoms with Crippen LogP contribution in [0.3, 0.4) is 0 Å². The number of isocyanates is 2. The van der Waals surface area contributed by atoms with Gasteiger partial charge in [-0.15, -0.1) is 0 Å². The average molecular weight is 563 g/mol. The molecular weight excluding hydrogens is 520 g/mol. The molecule has 1 rings (SSSR count). The summed E-state index contributed by atoms with van der Waals surface area (Å²) >= 11 is 0. The van der Waals surface area contributed by atoms with Gasteiger partial charge < -0.3 is 10.1 Å². The summed E-state index contributed by atoms with van der Waals surface area (Å²) < 4.78 is 8.27. The van der Waals surface area contributed by atoms with Gasteiger partial charge in [-0.05, 0) is 38.5 Å². The molecule has 13 nitrogen and oxygen atoms in total. The average Bonchev–Trinajstić information content (AvgIpc) is 2.95. The lowest BCUT2D eigenvalue weighted by atomic mass is 10.2. The molecule has 1 amide bonds. The number of nitrogens with one attached hydrogen (secondary N) is 1. The van der Waals surface area contributed by atoms with Crippen LogP contribution in [0.1, 0.15) is 77.0 Å². The van der Waals surface area contributed by atoms with Crippen LogP contribution in [0, 0.1) is 0 Å². The molecule has 0 aliphatic rings. The summed E-state index contributed by atoms with van der Waals surface area (Å²) in [6.45, 7) is 5.48. The summed E-state index contributed by atoms with van der Waals surface area (Å²) in [5, 5.41) is 2.64. The van der Waals surface area contributed by atoms with Gasteiger partial charge in [-0.1, -0.05) is 51.2 Å². The summed E-state index contributed by atoms with van der Waals surface area (Å²) in [6, 6.07) is 0. The van der Waals surface area contributed by atoms with Crippen molar-refractivity contribution in [2.24, 2.45) is 9.98 Å². The van der Waals surface area contributed by atoms with Crippen molar-refractivity contribution in [1.82, 2.24) is 19.0 Å². The molecule has 1 aromatic rings. The molecule has 0 bridgehead atoms. The van der Waals surface area contributed by atoms with Crippen molar-refractivity contribution in [3.05, 3.63) is 44.1 Å². The van der Waals surface area contributed by atoms with E-state index >= 15 is 0 Å². The van der Waals surface area contributed by atoms with Crippen LogP contribution in [0.2, 0.25) is 0 Å². The van der Waals surface area contributed by atoms with Crippen LogP contribution in [0.25, 0.3) is 0 Å². The maximum absolute atomic E-state index is 13.1. The maximum Gasteiger partial charge on any atom is 0.407 e. The number of hydrogen-bond donors (Lipinski definition) is 1. The topological polar surface area (TPSA) is 163 Å². The van der Waals surface area contributed by atoms with Crippen LogP contribution < -0.4 is 22.4 Å². The van der Waals surface area contributed by atoms with Crippen LogP contribution >= 0.6 is 0 Å². The number of carbonyl (C=O) groups excluding carboxylic acids is 3. The smallest absolute Gasteiger partial charge is 0.407 e. The first kappa shape index (κ1) is 34.2. The van der Waals surface area contributed by atoms with E-state index in [4.69, 9.17) is 4.74 Å². The largest absolute Gasteiger partial charge is 0.445 e. The second-order valence-electron chi connectivity index (χ2n) is 9.31. The van der Waals surface area contributed by atoms with Crippen LogP contribution in [0.15, 0.2) is 37.0 Å². The molecular formula is C27H42N6O7. The lowest BCUT2D eigenvalue weighted by Gasteiger charge is -2.14. The van der Waals surface area contributed by atoms with E-state index in [1.165, 1.54) is 18.2 Å². The Labute approximate surface area is 233 Å². The van der Waals surface area contributed by atoms with Crippen molar-refractivity contribution in [3.8, 4) is 0 Å². The summed E-state index contributed by atoms with van der Waals surface area (Å²) in [4.78, 5) is 78.1. The second kappa shape index (κ2) is 22.0. The van der Waals surface area contributed by atoms with E-state index in [1.807, 2.05) is 0 Å². The highest BCUT2D eigenvalue weighted by Crippen LogP contribution is 2.03. The first-order valence-corrected chi connectivity index (χ1v) is 14.0. The minimum Gasteiger partial charge on any atom is -0.445 e. The van der Waals surface area contributed by atoms with Crippen molar-refractivity contribution in [3.63, 3.8) is 0 Å².